The summed E-state index contributed by atoms with van der Waals surface area (Å²) in [7, 11) is 4.84. The minimum Gasteiger partial charge on any atom is -0.493 e. The summed E-state index contributed by atoms with van der Waals surface area (Å²) in [4.78, 5) is 4.66. The van der Waals surface area contributed by atoms with Crippen molar-refractivity contribution in [1.29, 1.82) is 0 Å². The Morgan fingerprint density at radius 1 is 1.07 bits per heavy atom. The standard InChI is InChI=1S/C22H35N3O4.HI/c1-6-23-21(24-15-12-16(26-3)20(28-5)17(13-15)27-4)25-18-14-19(29-7-2)22(18)10-8-9-11-22;/h12-13,18-19H,6-11,14H2,1-5H3,(H2,23,24,25);1H. The first-order chi connectivity index (χ1) is 14.1. The van der Waals surface area contributed by atoms with Gasteiger partial charge in [-0.25, -0.2) is 0 Å². The number of halogens is 1. The monoisotopic (exact) mass is 533 g/mol. The third-order valence-electron chi connectivity index (χ3n) is 6.24. The molecule has 2 saturated carbocycles. The quantitative estimate of drug-likeness (QED) is 0.293. The number of nitrogens with zero attached hydrogens (tertiary/aromatic N) is 1. The van der Waals surface area contributed by atoms with Crippen molar-refractivity contribution < 1.29 is 18.9 Å². The van der Waals surface area contributed by atoms with E-state index < -0.39 is 0 Å². The smallest absolute Gasteiger partial charge is 0.203 e. The van der Waals surface area contributed by atoms with Gasteiger partial charge in [-0.1, -0.05) is 12.8 Å². The summed E-state index contributed by atoms with van der Waals surface area (Å²) < 4.78 is 22.4. The fraction of sp³-hybridized carbons (Fsp3) is 0.682. The molecule has 0 amide bonds. The summed E-state index contributed by atoms with van der Waals surface area (Å²) in [6.45, 7) is 5.58. The van der Waals surface area contributed by atoms with Crippen molar-refractivity contribution in [1.82, 2.24) is 5.32 Å². The van der Waals surface area contributed by atoms with Crippen molar-refractivity contribution in [2.45, 2.75) is 58.1 Å². The minimum atomic E-state index is 0. The average molecular weight is 533 g/mol. The van der Waals surface area contributed by atoms with E-state index in [1.54, 1.807) is 21.3 Å². The zero-order valence-electron chi connectivity index (χ0n) is 18.7. The van der Waals surface area contributed by atoms with Crippen molar-refractivity contribution in [3.8, 4) is 17.2 Å². The van der Waals surface area contributed by atoms with E-state index in [1.807, 2.05) is 19.1 Å². The van der Waals surface area contributed by atoms with Crippen LogP contribution in [0.15, 0.2) is 17.1 Å². The summed E-state index contributed by atoms with van der Waals surface area (Å²) in [5, 5.41) is 7.09. The molecule has 1 aromatic carbocycles. The first kappa shape index (κ1) is 24.8. The predicted octanol–water partition coefficient (Wildman–Crippen LogP) is 4.45. The number of hydrogen-bond donors (Lipinski definition) is 2. The molecule has 2 aliphatic rings. The molecule has 2 N–H and O–H groups in total. The predicted molar refractivity (Wildman–Crippen MR) is 131 cm³/mol. The number of aliphatic imine (C=N–C) groups is 1. The highest BCUT2D eigenvalue weighted by atomic mass is 127. The Hall–Kier alpha value is -1.42. The molecule has 2 unspecified atom stereocenters. The highest BCUT2D eigenvalue weighted by molar-refractivity contribution is 14.0. The molecule has 2 aliphatic carbocycles. The number of anilines is 1. The zero-order chi connectivity index (χ0) is 20.9. The third kappa shape index (κ3) is 4.90. The number of benzene rings is 1. The summed E-state index contributed by atoms with van der Waals surface area (Å²) in [6.07, 6.45) is 6.38. The summed E-state index contributed by atoms with van der Waals surface area (Å²) in [6, 6.07) is 4.16. The second-order valence-corrected chi connectivity index (χ2v) is 7.68. The number of rotatable bonds is 8. The molecule has 2 fully saturated rings. The van der Waals surface area contributed by atoms with Gasteiger partial charge in [0.2, 0.25) is 5.75 Å². The number of ether oxygens (including phenoxy) is 4. The van der Waals surface area contributed by atoms with Gasteiger partial charge in [0.1, 0.15) is 0 Å². The molecular weight excluding hydrogens is 497 g/mol. The van der Waals surface area contributed by atoms with Gasteiger partial charge in [-0.3, -0.25) is 4.99 Å². The Morgan fingerprint density at radius 3 is 2.20 bits per heavy atom. The van der Waals surface area contributed by atoms with E-state index in [2.05, 4.69) is 22.5 Å². The fourth-order valence-electron chi connectivity index (χ4n) is 4.82. The van der Waals surface area contributed by atoms with E-state index >= 15 is 0 Å². The lowest BCUT2D eigenvalue weighted by atomic mass is 9.60. The number of guanidine groups is 1. The fourth-order valence-corrected chi connectivity index (χ4v) is 4.82. The SMILES string of the molecule is CCN=C(Nc1cc(OC)c(OC)c(OC)c1)NC1CC(OCC)C12CCCC2.I. The lowest BCUT2D eigenvalue weighted by Crippen LogP contribution is -2.64. The van der Waals surface area contributed by atoms with Crippen LogP contribution in [0.5, 0.6) is 17.2 Å². The Balaban J connectivity index is 0.00000320. The molecule has 0 saturated heterocycles. The lowest BCUT2D eigenvalue weighted by Gasteiger charge is -2.54. The van der Waals surface area contributed by atoms with Crippen LogP contribution in [0, 0.1) is 5.41 Å². The first-order valence-corrected chi connectivity index (χ1v) is 10.6. The Morgan fingerprint density at radius 2 is 1.70 bits per heavy atom. The molecule has 0 bridgehead atoms. The van der Waals surface area contributed by atoms with Crippen LogP contribution in [0.1, 0.15) is 46.0 Å². The summed E-state index contributed by atoms with van der Waals surface area (Å²) in [5.41, 5.74) is 1.07. The highest BCUT2D eigenvalue weighted by Gasteiger charge is 2.57. The van der Waals surface area contributed by atoms with E-state index in [-0.39, 0.29) is 29.4 Å². The Kier molecular flexibility index (Phi) is 9.33. The van der Waals surface area contributed by atoms with E-state index in [0.29, 0.717) is 35.9 Å². The normalized spacial score (nSPS) is 22.1. The molecule has 0 radical (unpaired) electrons. The van der Waals surface area contributed by atoms with Gasteiger partial charge in [-0.15, -0.1) is 24.0 Å². The van der Waals surface area contributed by atoms with Gasteiger partial charge in [0.15, 0.2) is 17.5 Å². The van der Waals surface area contributed by atoms with Crippen LogP contribution in [0.2, 0.25) is 0 Å². The Bertz CT molecular complexity index is 697. The largest absolute Gasteiger partial charge is 0.493 e. The van der Waals surface area contributed by atoms with Gasteiger partial charge >= 0.3 is 0 Å². The van der Waals surface area contributed by atoms with Crippen LogP contribution in [0.4, 0.5) is 5.69 Å². The molecule has 2 atom stereocenters. The second-order valence-electron chi connectivity index (χ2n) is 7.68. The van der Waals surface area contributed by atoms with Crippen LogP contribution in [0.3, 0.4) is 0 Å². The maximum absolute atomic E-state index is 6.04. The van der Waals surface area contributed by atoms with Gasteiger partial charge in [0, 0.05) is 42.4 Å². The maximum Gasteiger partial charge on any atom is 0.203 e. The van der Waals surface area contributed by atoms with E-state index in [9.17, 15) is 0 Å². The third-order valence-corrected chi connectivity index (χ3v) is 6.24. The topological polar surface area (TPSA) is 73.3 Å². The molecule has 170 valence electrons. The number of nitrogens with one attached hydrogen (secondary N) is 2. The van der Waals surface area contributed by atoms with E-state index in [0.717, 1.165) is 24.7 Å². The van der Waals surface area contributed by atoms with Crippen LogP contribution in [-0.4, -0.2) is 52.6 Å². The van der Waals surface area contributed by atoms with Crippen LogP contribution < -0.4 is 24.8 Å². The molecule has 0 heterocycles. The molecule has 7 nitrogen and oxygen atoms in total. The molecule has 1 aromatic rings. The van der Waals surface area contributed by atoms with Crippen molar-refractivity contribution in [2.75, 3.05) is 39.8 Å². The van der Waals surface area contributed by atoms with Crippen molar-refractivity contribution in [3.05, 3.63) is 12.1 Å². The minimum absolute atomic E-state index is 0. The zero-order valence-corrected chi connectivity index (χ0v) is 21.1. The van der Waals surface area contributed by atoms with Gasteiger partial charge < -0.3 is 29.6 Å². The Labute approximate surface area is 197 Å². The molecule has 3 rings (SSSR count). The van der Waals surface area contributed by atoms with Crippen LogP contribution >= 0.6 is 24.0 Å². The number of methoxy groups -OCH3 is 3. The van der Waals surface area contributed by atoms with Crippen LogP contribution in [0.25, 0.3) is 0 Å². The van der Waals surface area contributed by atoms with Gasteiger partial charge in [-0.05, 0) is 33.1 Å². The first-order valence-electron chi connectivity index (χ1n) is 10.6. The van der Waals surface area contributed by atoms with E-state index in [4.69, 9.17) is 18.9 Å². The van der Waals surface area contributed by atoms with Crippen molar-refractivity contribution in [3.63, 3.8) is 0 Å². The molecular formula is C22H36IN3O4. The van der Waals surface area contributed by atoms with Crippen molar-refractivity contribution in [2.24, 2.45) is 10.4 Å². The van der Waals surface area contributed by atoms with Crippen LogP contribution in [-0.2, 0) is 4.74 Å². The molecule has 8 heteroatoms. The molecule has 1 spiro atoms. The van der Waals surface area contributed by atoms with Gasteiger partial charge in [-0.2, -0.15) is 0 Å². The molecule has 0 aliphatic heterocycles. The summed E-state index contributed by atoms with van der Waals surface area (Å²) >= 11 is 0. The van der Waals surface area contributed by atoms with Gasteiger partial charge in [0.05, 0.1) is 27.4 Å². The maximum atomic E-state index is 6.04. The van der Waals surface area contributed by atoms with Crippen molar-refractivity contribution >= 4 is 35.6 Å². The van der Waals surface area contributed by atoms with E-state index in [1.165, 1.54) is 25.7 Å². The average Bonchev–Trinajstić information content (AvgIpc) is 3.25. The highest BCUT2D eigenvalue weighted by Crippen LogP contribution is 2.54. The number of hydrogen-bond acceptors (Lipinski definition) is 5. The van der Waals surface area contributed by atoms with Gasteiger partial charge in [0.25, 0.3) is 0 Å². The second kappa shape index (κ2) is 11.3. The summed E-state index contributed by atoms with van der Waals surface area (Å²) in [5.74, 6) is 2.56. The molecule has 30 heavy (non-hydrogen) atoms. The molecule has 0 aromatic heterocycles. The lowest BCUT2D eigenvalue weighted by molar-refractivity contribution is -0.125.